The summed E-state index contributed by atoms with van der Waals surface area (Å²) in [6, 6.07) is 11.5. The van der Waals surface area contributed by atoms with Gasteiger partial charge in [0.2, 0.25) is 15.9 Å². The minimum absolute atomic E-state index is 0.0506. The van der Waals surface area contributed by atoms with Crippen LogP contribution < -0.4 is 19.5 Å². The highest BCUT2D eigenvalue weighted by Crippen LogP contribution is 2.43. The van der Waals surface area contributed by atoms with Crippen molar-refractivity contribution in [3.05, 3.63) is 48.0 Å². The van der Waals surface area contributed by atoms with E-state index in [0.29, 0.717) is 23.6 Å². The summed E-state index contributed by atoms with van der Waals surface area (Å²) in [5, 5.41) is 2.61. The lowest BCUT2D eigenvalue weighted by Gasteiger charge is -2.41. The molecule has 8 heteroatoms. The van der Waals surface area contributed by atoms with Crippen molar-refractivity contribution in [3.8, 4) is 11.5 Å². The number of rotatable bonds is 7. The Bertz CT molecular complexity index is 1030. The van der Waals surface area contributed by atoms with Crippen LogP contribution in [-0.2, 0) is 14.8 Å². The molecule has 2 N–H and O–H groups in total. The number of hydrogen-bond acceptors (Lipinski definition) is 5. The molecule has 0 spiro atoms. The molecule has 2 aromatic rings. The summed E-state index contributed by atoms with van der Waals surface area (Å²) in [6.07, 6.45) is 2.07. The second-order valence-corrected chi connectivity index (χ2v) is 9.17. The highest BCUT2D eigenvalue weighted by Gasteiger charge is 2.40. The van der Waals surface area contributed by atoms with Gasteiger partial charge in [-0.1, -0.05) is 32.0 Å². The molecule has 1 aliphatic heterocycles. The van der Waals surface area contributed by atoms with Crippen molar-refractivity contribution < 1.29 is 22.7 Å². The maximum atomic E-state index is 13.2. The Hall–Kier alpha value is -2.58. The molecular formula is C22H28N2O5S. The number of amides is 1. The summed E-state index contributed by atoms with van der Waals surface area (Å²) in [5.41, 5.74) is 0.689. The number of methoxy groups -OCH3 is 1. The lowest BCUT2D eigenvalue weighted by Crippen LogP contribution is -2.44. The fourth-order valence-corrected chi connectivity index (χ4v) is 5.04. The molecule has 162 valence electrons. The monoisotopic (exact) mass is 432 g/mol. The number of fused-ring (bicyclic) bond motifs is 1. The van der Waals surface area contributed by atoms with Crippen LogP contribution in [0.2, 0.25) is 0 Å². The van der Waals surface area contributed by atoms with E-state index in [9.17, 15) is 13.2 Å². The summed E-state index contributed by atoms with van der Waals surface area (Å²) >= 11 is 0. The Morgan fingerprint density at radius 1 is 1.20 bits per heavy atom. The number of para-hydroxylation sites is 1. The third kappa shape index (κ3) is 4.44. The molecular weight excluding hydrogens is 404 g/mol. The molecule has 1 heterocycles. The van der Waals surface area contributed by atoms with Crippen LogP contribution in [0.5, 0.6) is 11.5 Å². The van der Waals surface area contributed by atoms with Crippen LogP contribution in [0.4, 0.5) is 5.69 Å². The van der Waals surface area contributed by atoms with E-state index in [1.807, 2.05) is 38.1 Å². The highest BCUT2D eigenvalue weighted by atomic mass is 32.2. The van der Waals surface area contributed by atoms with Gasteiger partial charge in [-0.25, -0.2) is 13.1 Å². The van der Waals surface area contributed by atoms with Crippen LogP contribution in [0, 0.1) is 0 Å². The Balaban J connectivity index is 1.97. The number of hydrogen-bond donors (Lipinski definition) is 2. The summed E-state index contributed by atoms with van der Waals surface area (Å²) in [6.45, 7) is 5.45. The summed E-state index contributed by atoms with van der Waals surface area (Å²) < 4.78 is 40.8. The quantitative estimate of drug-likeness (QED) is 0.689. The largest absolute Gasteiger partial charge is 0.495 e. The smallest absolute Gasteiger partial charge is 0.241 e. The zero-order valence-electron chi connectivity index (χ0n) is 17.7. The van der Waals surface area contributed by atoms with Gasteiger partial charge >= 0.3 is 0 Å². The molecule has 0 unspecified atom stereocenters. The zero-order chi connectivity index (χ0) is 21.9. The Morgan fingerprint density at radius 3 is 2.53 bits per heavy atom. The van der Waals surface area contributed by atoms with Gasteiger partial charge in [0.05, 0.1) is 23.7 Å². The van der Waals surface area contributed by atoms with Crippen LogP contribution in [-0.4, -0.2) is 27.0 Å². The summed E-state index contributed by atoms with van der Waals surface area (Å²) in [4.78, 5) is 11.5. The lowest BCUT2D eigenvalue weighted by molar-refractivity contribution is -0.114. The second-order valence-electron chi connectivity index (χ2n) is 7.45. The van der Waals surface area contributed by atoms with E-state index in [0.717, 1.165) is 18.4 Å². The Morgan fingerprint density at radius 2 is 1.90 bits per heavy atom. The average molecular weight is 433 g/mol. The minimum Gasteiger partial charge on any atom is -0.495 e. The van der Waals surface area contributed by atoms with Gasteiger partial charge in [-0.3, -0.25) is 4.79 Å². The number of sulfonamides is 1. The van der Waals surface area contributed by atoms with E-state index < -0.39 is 21.7 Å². The van der Waals surface area contributed by atoms with Gasteiger partial charge in [-0.05, 0) is 37.1 Å². The van der Waals surface area contributed by atoms with Gasteiger partial charge < -0.3 is 14.8 Å². The number of nitrogens with one attached hydrogen (secondary N) is 2. The fourth-order valence-electron chi connectivity index (χ4n) is 3.80. The number of carbonyl (C=O) groups is 1. The van der Waals surface area contributed by atoms with Gasteiger partial charge in [-0.15, -0.1) is 0 Å². The first-order chi connectivity index (χ1) is 14.2. The summed E-state index contributed by atoms with van der Waals surface area (Å²) in [5.74, 6) is 0.773. The van der Waals surface area contributed by atoms with Gasteiger partial charge in [0.1, 0.15) is 17.1 Å². The third-order valence-electron chi connectivity index (χ3n) is 5.58. The standard InChI is InChI=1S/C22H28N2O5S/c1-5-22(6-2)14-19(17-9-7-8-10-20(17)29-22)24-30(26,27)16-11-12-21(28-4)18(13-16)23-15(3)25/h7-13,19,24H,5-6,14H2,1-4H3,(H,23,25)/t19-/m0/s1. The van der Waals surface area contributed by atoms with Crippen LogP contribution >= 0.6 is 0 Å². The van der Waals surface area contributed by atoms with Gasteiger partial charge in [-0.2, -0.15) is 0 Å². The molecule has 0 fully saturated rings. The van der Waals surface area contributed by atoms with E-state index >= 15 is 0 Å². The third-order valence-corrected chi connectivity index (χ3v) is 7.04. The minimum atomic E-state index is -3.86. The summed E-state index contributed by atoms with van der Waals surface area (Å²) in [7, 11) is -2.41. The van der Waals surface area contributed by atoms with E-state index in [4.69, 9.17) is 9.47 Å². The van der Waals surface area contributed by atoms with Crippen LogP contribution in [0.1, 0.15) is 51.6 Å². The average Bonchev–Trinajstić information content (AvgIpc) is 2.72. The first-order valence-electron chi connectivity index (χ1n) is 9.99. The van der Waals surface area contributed by atoms with Crippen molar-refractivity contribution in [2.24, 2.45) is 0 Å². The molecule has 1 amide bonds. The Kier molecular flexibility index (Phi) is 6.38. The number of benzene rings is 2. The molecule has 0 saturated carbocycles. The van der Waals surface area contributed by atoms with E-state index in [2.05, 4.69) is 10.0 Å². The normalized spacial score (nSPS) is 17.5. The number of ether oxygens (including phenoxy) is 2. The first kappa shape index (κ1) is 22.1. The van der Waals surface area contributed by atoms with Crippen molar-refractivity contribution in [2.45, 2.75) is 56.6 Å². The van der Waals surface area contributed by atoms with Crippen molar-refractivity contribution in [2.75, 3.05) is 12.4 Å². The van der Waals surface area contributed by atoms with Gasteiger partial charge in [0.25, 0.3) is 0 Å². The SMILES string of the molecule is CCC1(CC)C[C@H](NS(=O)(=O)c2ccc(OC)c(NC(C)=O)c2)c2ccccc2O1. The predicted octanol–water partition coefficient (Wildman–Crippen LogP) is 4.01. The number of carbonyl (C=O) groups excluding carboxylic acids is 1. The molecule has 0 bridgehead atoms. The van der Waals surface area contributed by atoms with Crippen LogP contribution in [0.15, 0.2) is 47.4 Å². The van der Waals surface area contributed by atoms with Crippen molar-refractivity contribution in [1.29, 1.82) is 0 Å². The van der Waals surface area contributed by atoms with Crippen LogP contribution in [0.25, 0.3) is 0 Å². The molecule has 7 nitrogen and oxygen atoms in total. The predicted molar refractivity (Wildman–Crippen MR) is 115 cm³/mol. The molecule has 0 saturated heterocycles. The molecule has 1 aliphatic rings. The fraction of sp³-hybridized carbons (Fsp3) is 0.409. The highest BCUT2D eigenvalue weighted by molar-refractivity contribution is 7.89. The van der Waals surface area contributed by atoms with E-state index in [-0.39, 0.29) is 10.8 Å². The molecule has 3 rings (SSSR count). The van der Waals surface area contributed by atoms with E-state index in [1.165, 1.54) is 32.2 Å². The maximum Gasteiger partial charge on any atom is 0.241 e. The molecule has 0 radical (unpaired) electrons. The molecule has 2 aromatic carbocycles. The zero-order valence-corrected chi connectivity index (χ0v) is 18.5. The van der Waals surface area contributed by atoms with Crippen molar-refractivity contribution in [1.82, 2.24) is 4.72 Å². The topological polar surface area (TPSA) is 93.7 Å². The molecule has 0 aliphatic carbocycles. The van der Waals surface area contributed by atoms with Crippen molar-refractivity contribution in [3.63, 3.8) is 0 Å². The molecule has 0 aromatic heterocycles. The van der Waals surface area contributed by atoms with Crippen LogP contribution in [0.3, 0.4) is 0 Å². The van der Waals surface area contributed by atoms with Gasteiger partial charge in [0, 0.05) is 18.9 Å². The number of anilines is 1. The van der Waals surface area contributed by atoms with Gasteiger partial charge in [0.15, 0.2) is 0 Å². The first-order valence-corrected chi connectivity index (χ1v) is 11.5. The maximum absolute atomic E-state index is 13.2. The van der Waals surface area contributed by atoms with Crippen molar-refractivity contribution >= 4 is 21.6 Å². The molecule has 30 heavy (non-hydrogen) atoms. The Labute approximate surface area is 177 Å². The lowest BCUT2D eigenvalue weighted by atomic mass is 9.84. The second kappa shape index (κ2) is 8.65. The van der Waals surface area contributed by atoms with E-state index in [1.54, 1.807) is 0 Å². The molecule has 1 atom stereocenters.